The Labute approximate surface area is 100 Å². The fourth-order valence-electron chi connectivity index (χ4n) is 0.985. The van der Waals surface area contributed by atoms with E-state index < -0.39 is 12.3 Å². The molecule has 0 aliphatic rings. The number of methoxy groups -OCH3 is 1. The first kappa shape index (κ1) is 15.7. The van der Waals surface area contributed by atoms with Crippen molar-refractivity contribution in [2.75, 3.05) is 25.2 Å². The first-order valence-corrected chi connectivity index (χ1v) is 6.38. The van der Waals surface area contributed by atoms with E-state index in [-0.39, 0.29) is 19.1 Å². The highest BCUT2D eigenvalue weighted by Crippen LogP contribution is 2.11. The standard InChI is InChI=1S/C10H20O5S/c1-3-8(6-11)15-10(14-2)7-16-5-4-9(12)13/h8,10-11H,3-7H2,1-2H3,(H,12,13). The highest BCUT2D eigenvalue weighted by atomic mass is 32.2. The molecule has 0 amide bonds. The number of hydrogen-bond acceptors (Lipinski definition) is 5. The molecular formula is C10H20O5S. The second-order valence-electron chi connectivity index (χ2n) is 3.23. The van der Waals surface area contributed by atoms with Crippen LogP contribution in [-0.2, 0) is 14.3 Å². The minimum Gasteiger partial charge on any atom is -0.481 e. The highest BCUT2D eigenvalue weighted by molar-refractivity contribution is 7.99. The first-order valence-electron chi connectivity index (χ1n) is 5.22. The Hall–Kier alpha value is -0.300. The SMILES string of the molecule is CCC(CO)OC(CSCCC(=O)O)OC. The van der Waals surface area contributed by atoms with Gasteiger partial charge in [-0.25, -0.2) is 0 Å². The van der Waals surface area contributed by atoms with Gasteiger partial charge >= 0.3 is 5.97 Å². The average Bonchev–Trinajstić information content (AvgIpc) is 2.28. The lowest BCUT2D eigenvalue weighted by Gasteiger charge is -2.21. The third-order valence-corrected chi connectivity index (χ3v) is 2.98. The number of carboxylic acids is 1. The Morgan fingerprint density at radius 3 is 2.62 bits per heavy atom. The van der Waals surface area contributed by atoms with Crippen molar-refractivity contribution in [1.82, 2.24) is 0 Å². The number of hydrogen-bond donors (Lipinski definition) is 2. The van der Waals surface area contributed by atoms with Gasteiger partial charge in [-0.1, -0.05) is 6.92 Å². The predicted molar refractivity (Wildman–Crippen MR) is 62.6 cm³/mol. The minimum absolute atomic E-state index is 0.0316. The van der Waals surface area contributed by atoms with E-state index in [9.17, 15) is 4.79 Å². The van der Waals surface area contributed by atoms with E-state index in [0.717, 1.165) is 6.42 Å². The fourth-order valence-corrected chi connectivity index (χ4v) is 1.88. The van der Waals surface area contributed by atoms with Crippen LogP contribution in [0.1, 0.15) is 19.8 Å². The third-order valence-electron chi connectivity index (χ3n) is 1.98. The van der Waals surface area contributed by atoms with Gasteiger partial charge < -0.3 is 19.7 Å². The Morgan fingerprint density at radius 2 is 2.19 bits per heavy atom. The van der Waals surface area contributed by atoms with E-state index in [4.69, 9.17) is 19.7 Å². The maximum absolute atomic E-state index is 10.3. The summed E-state index contributed by atoms with van der Waals surface area (Å²) in [6, 6.07) is 0. The predicted octanol–water partition coefficient (Wildman–Crippen LogP) is 0.954. The molecule has 0 aromatic heterocycles. The summed E-state index contributed by atoms with van der Waals surface area (Å²) in [5, 5.41) is 17.4. The molecule has 16 heavy (non-hydrogen) atoms. The Balaban J connectivity index is 3.69. The zero-order valence-corrected chi connectivity index (χ0v) is 10.5. The van der Waals surface area contributed by atoms with Crippen LogP contribution in [-0.4, -0.2) is 53.8 Å². The van der Waals surface area contributed by atoms with Crippen LogP contribution >= 0.6 is 11.8 Å². The third kappa shape index (κ3) is 7.92. The highest BCUT2D eigenvalue weighted by Gasteiger charge is 2.14. The van der Waals surface area contributed by atoms with E-state index in [0.29, 0.717) is 11.5 Å². The number of aliphatic hydroxyl groups excluding tert-OH is 1. The smallest absolute Gasteiger partial charge is 0.304 e. The molecule has 0 aliphatic carbocycles. The van der Waals surface area contributed by atoms with Crippen LogP contribution in [0.2, 0.25) is 0 Å². The summed E-state index contributed by atoms with van der Waals surface area (Å²) in [6.45, 7) is 1.89. The maximum Gasteiger partial charge on any atom is 0.304 e. The molecule has 0 saturated heterocycles. The second-order valence-corrected chi connectivity index (χ2v) is 4.38. The van der Waals surface area contributed by atoms with Crippen LogP contribution in [0.5, 0.6) is 0 Å². The molecule has 5 nitrogen and oxygen atoms in total. The van der Waals surface area contributed by atoms with Crippen molar-refractivity contribution in [3.8, 4) is 0 Å². The van der Waals surface area contributed by atoms with Gasteiger partial charge in [-0.2, -0.15) is 11.8 Å². The van der Waals surface area contributed by atoms with Gasteiger partial charge in [0.2, 0.25) is 0 Å². The largest absolute Gasteiger partial charge is 0.481 e. The summed E-state index contributed by atoms with van der Waals surface area (Å²) < 4.78 is 10.6. The lowest BCUT2D eigenvalue weighted by molar-refractivity contribution is -0.151. The molecule has 0 rings (SSSR count). The van der Waals surface area contributed by atoms with Crippen LogP contribution in [0.4, 0.5) is 0 Å². The number of carboxylic acid groups (broad SMARTS) is 1. The second kappa shape index (κ2) is 9.89. The monoisotopic (exact) mass is 252 g/mol. The summed E-state index contributed by atoms with van der Waals surface area (Å²) >= 11 is 1.46. The number of rotatable bonds is 10. The lowest BCUT2D eigenvalue weighted by Crippen LogP contribution is -2.28. The number of thioether (sulfide) groups is 1. The molecule has 2 N–H and O–H groups in total. The summed E-state index contributed by atoms with van der Waals surface area (Å²) in [4.78, 5) is 10.3. The summed E-state index contributed by atoms with van der Waals surface area (Å²) in [5.41, 5.74) is 0. The van der Waals surface area contributed by atoms with Crippen molar-refractivity contribution in [3.05, 3.63) is 0 Å². The van der Waals surface area contributed by atoms with Crippen molar-refractivity contribution < 1.29 is 24.5 Å². The minimum atomic E-state index is -0.802. The van der Waals surface area contributed by atoms with Gasteiger partial charge in [0.25, 0.3) is 0 Å². The summed E-state index contributed by atoms with van der Waals surface area (Å²) in [5.74, 6) is 0.304. The van der Waals surface area contributed by atoms with Gasteiger partial charge in [-0.3, -0.25) is 4.79 Å². The molecule has 0 spiro atoms. The molecule has 0 radical (unpaired) electrons. The molecule has 6 heteroatoms. The Morgan fingerprint density at radius 1 is 1.50 bits per heavy atom. The molecule has 0 aliphatic heterocycles. The average molecular weight is 252 g/mol. The lowest BCUT2D eigenvalue weighted by atomic mass is 10.3. The van der Waals surface area contributed by atoms with E-state index in [1.807, 2.05) is 6.92 Å². The van der Waals surface area contributed by atoms with Crippen molar-refractivity contribution >= 4 is 17.7 Å². The van der Waals surface area contributed by atoms with Crippen molar-refractivity contribution in [1.29, 1.82) is 0 Å². The van der Waals surface area contributed by atoms with Gasteiger partial charge in [0.05, 0.1) is 19.1 Å². The summed E-state index contributed by atoms with van der Waals surface area (Å²) in [7, 11) is 1.53. The zero-order chi connectivity index (χ0) is 12.4. The summed E-state index contributed by atoms with van der Waals surface area (Å²) in [6.07, 6.45) is 0.245. The molecule has 0 saturated carbocycles. The molecule has 96 valence electrons. The topological polar surface area (TPSA) is 76.0 Å². The van der Waals surface area contributed by atoms with Crippen molar-refractivity contribution in [2.24, 2.45) is 0 Å². The van der Waals surface area contributed by atoms with E-state index in [1.165, 1.54) is 18.9 Å². The Kier molecular flexibility index (Phi) is 9.71. The van der Waals surface area contributed by atoms with E-state index in [2.05, 4.69) is 0 Å². The number of ether oxygens (including phenoxy) is 2. The molecule has 0 heterocycles. The van der Waals surface area contributed by atoms with Gasteiger partial charge in [-0.15, -0.1) is 0 Å². The molecule has 0 aromatic carbocycles. The Bertz CT molecular complexity index is 184. The number of aliphatic hydroxyl groups is 1. The van der Waals surface area contributed by atoms with Crippen LogP contribution in [0, 0.1) is 0 Å². The fraction of sp³-hybridized carbons (Fsp3) is 0.900. The van der Waals surface area contributed by atoms with Gasteiger partial charge in [0, 0.05) is 18.6 Å². The van der Waals surface area contributed by atoms with Gasteiger partial charge in [0.1, 0.15) is 0 Å². The molecule has 0 fully saturated rings. The first-order chi connectivity index (χ1) is 7.63. The number of aliphatic carboxylic acids is 1. The molecule has 0 bridgehead atoms. The zero-order valence-electron chi connectivity index (χ0n) is 9.72. The maximum atomic E-state index is 10.3. The van der Waals surface area contributed by atoms with Crippen LogP contribution in [0.3, 0.4) is 0 Å². The van der Waals surface area contributed by atoms with Crippen LogP contribution in [0.15, 0.2) is 0 Å². The van der Waals surface area contributed by atoms with Gasteiger partial charge in [0.15, 0.2) is 6.29 Å². The van der Waals surface area contributed by atoms with E-state index in [1.54, 1.807) is 0 Å². The van der Waals surface area contributed by atoms with Crippen molar-refractivity contribution in [2.45, 2.75) is 32.2 Å². The van der Waals surface area contributed by atoms with Crippen LogP contribution < -0.4 is 0 Å². The van der Waals surface area contributed by atoms with Crippen molar-refractivity contribution in [3.63, 3.8) is 0 Å². The molecule has 2 unspecified atom stereocenters. The van der Waals surface area contributed by atoms with Gasteiger partial charge in [-0.05, 0) is 6.42 Å². The van der Waals surface area contributed by atoms with E-state index >= 15 is 0 Å². The molecule has 2 atom stereocenters. The number of carbonyl (C=O) groups is 1. The normalized spacial score (nSPS) is 14.7. The molecular weight excluding hydrogens is 232 g/mol. The molecule has 0 aromatic rings. The quantitative estimate of drug-likeness (QED) is 0.445. The van der Waals surface area contributed by atoms with Crippen LogP contribution in [0.25, 0.3) is 0 Å².